The number of Topliss-reactive ketones (excluding diaryl/α,β-unsaturated/α-hetero) is 1. The number of pyridine rings is 1. The van der Waals surface area contributed by atoms with Crippen molar-refractivity contribution in [1.82, 2.24) is 4.98 Å². The van der Waals surface area contributed by atoms with Crippen LogP contribution in [-0.2, 0) is 6.42 Å². The molecular formula is C16H13NO2. The first kappa shape index (κ1) is 11.7. The number of rotatable bonds is 3. The number of fused-ring (bicyclic) bond motifs is 1. The van der Waals surface area contributed by atoms with E-state index in [1.54, 1.807) is 12.3 Å². The van der Waals surface area contributed by atoms with Crippen LogP contribution in [0.5, 0.6) is 0 Å². The fraction of sp³-hybridized carbons (Fsp3) is 0.125. The SMILES string of the molecule is Cc1ccc2oc(C(=O)Cc3ccccn3)cc2c1. The molecule has 1 aromatic carbocycles. The quantitative estimate of drug-likeness (QED) is 0.668. The van der Waals surface area contributed by atoms with Gasteiger partial charge in [-0.05, 0) is 37.3 Å². The summed E-state index contributed by atoms with van der Waals surface area (Å²) in [6.45, 7) is 2.02. The molecule has 0 aliphatic rings. The first-order chi connectivity index (χ1) is 9.22. The van der Waals surface area contributed by atoms with E-state index < -0.39 is 0 Å². The van der Waals surface area contributed by atoms with Gasteiger partial charge in [0.2, 0.25) is 5.78 Å². The zero-order valence-electron chi connectivity index (χ0n) is 10.6. The average Bonchev–Trinajstić information content (AvgIpc) is 2.83. The molecule has 3 aromatic rings. The molecule has 2 aromatic heterocycles. The Morgan fingerprint density at radius 1 is 1.21 bits per heavy atom. The molecule has 0 amide bonds. The molecule has 19 heavy (non-hydrogen) atoms. The van der Waals surface area contributed by atoms with Gasteiger partial charge in [0, 0.05) is 17.3 Å². The van der Waals surface area contributed by atoms with E-state index in [1.165, 1.54) is 0 Å². The third-order valence-electron chi connectivity index (χ3n) is 3.01. The molecule has 0 unspecified atom stereocenters. The molecule has 0 aliphatic heterocycles. The molecule has 0 bridgehead atoms. The van der Waals surface area contributed by atoms with E-state index in [0.29, 0.717) is 5.76 Å². The summed E-state index contributed by atoms with van der Waals surface area (Å²) >= 11 is 0. The molecule has 3 heteroatoms. The Labute approximate surface area is 110 Å². The Morgan fingerprint density at radius 3 is 2.89 bits per heavy atom. The number of ketones is 1. The summed E-state index contributed by atoms with van der Waals surface area (Å²) in [4.78, 5) is 16.3. The van der Waals surface area contributed by atoms with Gasteiger partial charge >= 0.3 is 0 Å². The lowest BCUT2D eigenvalue weighted by Crippen LogP contribution is -2.03. The normalized spacial score (nSPS) is 10.8. The van der Waals surface area contributed by atoms with E-state index in [9.17, 15) is 4.79 Å². The highest BCUT2D eigenvalue weighted by Gasteiger charge is 2.13. The molecule has 0 spiro atoms. The Balaban J connectivity index is 1.89. The van der Waals surface area contributed by atoms with E-state index in [1.807, 2.05) is 43.3 Å². The van der Waals surface area contributed by atoms with Crippen LogP contribution in [0.2, 0.25) is 0 Å². The van der Waals surface area contributed by atoms with E-state index in [4.69, 9.17) is 4.42 Å². The van der Waals surface area contributed by atoms with Crippen LogP contribution in [-0.4, -0.2) is 10.8 Å². The molecule has 3 nitrogen and oxygen atoms in total. The Hall–Kier alpha value is -2.42. The number of nitrogens with zero attached hydrogens (tertiary/aromatic N) is 1. The number of carbonyl (C=O) groups is 1. The van der Waals surface area contributed by atoms with Crippen molar-refractivity contribution in [3.63, 3.8) is 0 Å². The number of aryl methyl sites for hydroxylation is 1. The minimum Gasteiger partial charge on any atom is -0.453 e. The predicted octanol–water partition coefficient (Wildman–Crippen LogP) is 3.56. The van der Waals surface area contributed by atoms with Crippen LogP contribution in [0.3, 0.4) is 0 Å². The van der Waals surface area contributed by atoms with Crippen molar-refractivity contribution >= 4 is 16.8 Å². The minimum absolute atomic E-state index is 0.0486. The molecule has 0 radical (unpaired) electrons. The van der Waals surface area contributed by atoms with Gasteiger partial charge in [-0.15, -0.1) is 0 Å². The third-order valence-corrected chi connectivity index (χ3v) is 3.01. The second-order valence-corrected chi connectivity index (χ2v) is 4.57. The highest BCUT2D eigenvalue weighted by Crippen LogP contribution is 2.21. The molecule has 0 aliphatic carbocycles. The van der Waals surface area contributed by atoms with Crippen LogP contribution < -0.4 is 0 Å². The van der Waals surface area contributed by atoms with Crippen LogP contribution >= 0.6 is 0 Å². The second kappa shape index (κ2) is 4.69. The zero-order chi connectivity index (χ0) is 13.2. The molecule has 94 valence electrons. The van der Waals surface area contributed by atoms with Crippen molar-refractivity contribution in [3.8, 4) is 0 Å². The highest BCUT2D eigenvalue weighted by molar-refractivity contribution is 5.98. The van der Waals surface area contributed by atoms with Crippen molar-refractivity contribution in [2.24, 2.45) is 0 Å². The summed E-state index contributed by atoms with van der Waals surface area (Å²) in [5, 5.41) is 0.962. The predicted molar refractivity (Wildman–Crippen MR) is 73.2 cm³/mol. The van der Waals surface area contributed by atoms with Crippen LogP contribution in [0, 0.1) is 6.92 Å². The van der Waals surface area contributed by atoms with Gasteiger partial charge in [0.25, 0.3) is 0 Å². The summed E-state index contributed by atoms with van der Waals surface area (Å²) < 4.78 is 5.58. The monoisotopic (exact) mass is 251 g/mol. The van der Waals surface area contributed by atoms with Gasteiger partial charge in [-0.2, -0.15) is 0 Å². The Bertz CT molecular complexity index is 729. The lowest BCUT2D eigenvalue weighted by Gasteiger charge is -1.96. The van der Waals surface area contributed by atoms with Gasteiger partial charge in [0.15, 0.2) is 5.76 Å². The largest absolute Gasteiger partial charge is 0.453 e. The second-order valence-electron chi connectivity index (χ2n) is 4.57. The molecule has 2 heterocycles. The summed E-state index contributed by atoms with van der Waals surface area (Å²) in [6.07, 6.45) is 1.95. The first-order valence-electron chi connectivity index (χ1n) is 6.16. The van der Waals surface area contributed by atoms with Crippen LogP contribution in [0.1, 0.15) is 21.8 Å². The number of hydrogen-bond acceptors (Lipinski definition) is 3. The molecule has 0 fully saturated rings. The molecule has 0 saturated carbocycles. The fourth-order valence-corrected chi connectivity index (χ4v) is 2.05. The first-order valence-corrected chi connectivity index (χ1v) is 6.16. The standard InChI is InChI=1S/C16H13NO2/c1-11-5-6-15-12(8-11)9-16(19-15)14(18)10-13-4-2-3-7-17-13/h2-9H,10H2,1H3. The van der Waals surface area contributed by atoms with Crippen molar-refractivity contribution in [2.75, 3.05) is 0 Å². The lowest BCUT2D eigenvalue weighted by molar-refractivity contribution is 0.0967. The maximum atomic E-state index is 12.1. The van der Waals surface area contributed by atoms with Crippen molar-refractivity contribution in [1.29, 1.82) is 0 Å². The van der Waals surface area contributed by atoms with Gasteiger partial charge in [0.05, 0.1) is 6.42 Å². The zero-order valence-corrected chi connectivity index (χ0v) is 10.6. The summed E-state index contributed by atoms with van der Waals surface area (Å²) in [5.74, 6) is 0.346. The average molecular weight is 251 g/mol. The third kappa shape index (κ3) is 2.40. The molecule has 0 N–H and O–H groups in total. The van der Waals surface area contributed by atoms with E-state index >= 15 is 0 Å². The number of furan rings is 1. The van der Waals surface area contributed by atoms with E-state index in [0.717, 1.165) is 22.2 Å². The topological polar surface area (TPSA) is 43.1 Å². The lowest BCUT2D eigenvalue weighted by atomic mass is 10.1. The molecule has 0 saturated heterocycles. The van der Waals surface area contributed by atoms with Gasteiger partial charge in [0.1, 0.15) is 5.58 Å². The van der Waals surface area contributed by atoms with Gasteiger partial charge in [-0.25, -0.2) is 0 Å². The van der Waals surface area contributed by atoms with Crippen LogP contribution in [0.4, 0.5) is 0 Å². The van der Waals surface area contributed by atoms with Gasteiger partial charge in [-0.1, -0.05) is 17.7 Å². The summed E-state index contributed by atoms with van der Waals surface area (Å²) in [7, 11) is 0. The summed E-state index contributed by atoms with van der Waals surface area (Å²) in [5.41, 5.74) is 2.65. The van der Waals surface area contributed by atoms with Gasteiger partial charge in [-0.3, -0.25) is 9.78 Å². The van der Waals surface area contributed by atoms with Crippen molar-refractivity contribution in [3.05, 3.63) is 65.7 Å². The summed E-state index contributed by atoms with van der Waals surface area (Å²) in [6, 6.07) is 13.2. The van der Waals surface area contributed by atoms with Crippen LogP contribution in [0.25, 0.3) is 11.0 Å². The van der Waals surface area contributed by atoms with Gasteiger partial charge < -0.3 is 4.42 Å². The molecule has 0 atom stereocenters. The van der Waals surface area contributed by atoms with Crippen molar-refractivity contribution in [2.45, 2.75) is 13.3 Å². The number of hydrogen-bond donors (Lipinski definition) is 0. The Morgan fingerprint density at radius 2 is 2.11 bits per heavy atom. The van der Waals surface area contributed by atoms with E-state index in [-0.39, 0.29) is 12.2 Å². The Kier molecular flexibility index (Phi) is 2.88. The molecule has 3 rings (SSSR count). The smallest absolute Gasteiger partial charge is 0.203 e. The number of benzene rings is 1. The van der Waals surface area contributed by atoms with Crippen molar-refractivity contribution < 1.29 is 9.21 Å². The molecular weight excluding hydrogens is 238 g/mol. The highest BCUT2D eigenvalue weighted by atomic mass is 16.3. The fourth-order valence-electron chi connectivity index (χ4n) is 2.05. The van der Waals surface area contributed by atoms with Crippen LogP contribution in [0.15, 0.2) is 53.1 Å². The van der Waals surface area contributed by atoms with E-state index in [2.05, 4.69) is 4.98 Å². The maximum absolute atomic E-state index is 12.1. The minimum atomic E-state index is -0.0486. The maximum Gasteiger partial charge on any atom is 0.203 e. The number of aromatic nitrogens is 1. The number of carbonyl (C=O) groups excluding carboxylic acids is 1.